The van der Waals surface area contributed by atoms with Crippen molar-refractivity contribution in [1.29, 1.82) is 0 Å². The highest BCUT2D eigenvalue weighted by molar-refractivity contribution is 5.46. The summed E-state index contributed by atoms with van der Waals surface area (Å²) in [6.07, 6.45) is 7.66. The third kappa shape index (κ3) is 5.66. The van der Waals surface area contributed by atoms with Crippen LogP contribution < -0.4 is 9.47 Å². The standard InChI is InChI=1S/C19H28O2/c1-14(2)8-7-9-15(3)10-11-17-13-18(20-5)16(4)12-19(17)21-6/h8,10,12-13H,7,9,11H2,1-6H3/b15-10+. The second kappa shape index (κ2) is 8.56. The number of benzene rings is 1. The number of hydrogen-bond acceptors (Lipinski definition) is 2. The minimum absolute atomic E-state index is 0.875. The minimum atomic E-state index is 0.875. The molecule has 0 heterocycles. The lowest BCUT2D eigenvalue weighted by Gasteiger charge is -2.12. The van der Waals surface area contributed by atoms with Gasteiger partial charge in [-0.05, 0) is 64.7 Å². The van der Waals surface area contributed by atoms with Crippen LogP contribution in [0.4, 0.5) is 0 Å². The van der Waals surface area contributed by atoms with Gasteiger partial charge in [-0.1, -0.05) is 23.3 Å². The summed E-state index contributed by atoms with van der Waals surface area (Å²) in [5, 5.41) is 0. The molecule has 21 heavy (non-hydrogen) atoms. The summed E-state index contributed by atoms with van der Waals surface area (Å²) in [6.45, 7) is 8.51. The van der Waals surface area contributed by atoms with E-state index in [2.05, 4.69) is 39.0 Å². The van der Waals surface area contributed by atoms with E-state index in [1.54, 1.807) is 14.2 Å². The fraction of sp³-hybridized carbons (Fsp3) is 0.474. The van der Waals surface area contributed by atoms with Crippen LogP contribution in [0.2, 0.25) is 0 Å². The molecule has 1 aromatic rings. The first kappa shape index (κ1) is 17.4. The Morgan fingerprint density at radius 1 is 1.00 bits per heavy atom. The van der Waals surface area contributed by atoms with Crippen molar-refractivity contribution in [1.82, 2.24) is 0 Å². The number of allylic oxidation sites excluding steroid dienone is 4. The normalized spacial score (nSPS) is 11.2. The second-order valence-corrected chi connectivity index (χ2v) is 5.71. The molecule has 0 atom stereocenters. The van der Waals surface area contributed by atoms with Gasteiger partial charge in [0.1, 0.15) is 11.5 Å². The topological polar surface area (TPSA) is 18.5 Å². The van der Waals surface area contributed by atoms with Crippen LogP contribution in [-0.2, 0) is 6.42 Å². The Kier molecular flexibility index (Phi) is 7.07. The van der Waals surface area contributed by atoms with Crippen LogP contribution in [0.3, 0.4) is 0 Å². The van der Waals surface area contributed by atoms with Crippen molar-refractivity contribution in [3.63, 3.8) is 0 Å². The second-order valence-electron chi connectivity index (χ2n) is 5.71. The first-order valence-corrected chi connectivity index (χ1v) is 7.48. The molecule has 0 bridgehead atoms. The number of methoxy groups -OCH3 is 2. The van der Waals surface area contributed by atoms with Gasteiger partial charge >= 0.3 is 0 Å². The number of aryl methyl sites for hydroxylation is 1. The van der Waals surface area contributed by atoms with Gasteiger partial charge in [-0.2, -0.15) is 0 Å². The van der Waals surface area contributed by atoms with Crippen LogP contribution in [-0.4, -0.2) is 14.2 Å². The molecular weight excluding hydrogens is 260 g/mol. The van der Waals surface area contributed by atoms with Gasteiger partial charge in [0.2, 0.25) is 0 Å². The van der Waals surface area contributed by atoms with E-state index in [-0.39, 0.29) is 0 Å². The molecule has 0 aliphatic carbocycles. The molecule has 1 aromatic carbocycles. The van der Waals surface area contributed by atoms with E-state index >= 15 is 0 Å². The summed E-state index contributed by atoms with van der Waals surface area (Å²) in [5.74, 6) is 1.85. The van der Waals surface area contributed by atoms with Crippen LogP contribution in [0.5, 0.6) is 11.5 Å². The molecule has 0 saturated heterocycles. The Bertz CT molecular complexity index is 521. The third-order valence-corrected chi connectivity index (χ3v) is 3.56. The smallest absolute Gasteiger partial charge is 0.122 e. The predicted molar refractivity (Wildman–Crippen MR) is 90.4 cm³/mol. The average Bonchev–Trinajstić information content (AvgIpc) is 2.45. The van der Waals surface area contributed by atoms with Crippen molar-refractivity contribution in [3.05, 3.63) is 46.6 Å². The molecule has 0 aliphatic heterocycles. The summed E-state index contributed by atoms with van der Waals surface area (Å²) >= 11 is 0. The Morgan fingerprint density at radius 2 is 1.67 bits per heavy atom. The number of ether oxygens (including phenoxy) is 2. The molecule has 0 fully saturated rings. The van der Waals surface area contributed by atoms with Gasteiger partial charge in [0.15, 0.2) is 0 Å². The first-order valence-electron chi connectivity index (χ1n) is 7.48. The minimum Gasteiger partial charge on any atom is -0.496 e. The Balaban J connectivity index is 2.79. The zero-order chi connectivity index (χ0) is 15.8. The maximum absolute atomic E-state index is 5.48. The van der Waals surface area contributed by atoms with Crippen LogP contribution in [0.25, 0.3) is 0 Å². The fourth-order valence-electron chi connectivity index (χ4n) is 2.25. The van der Waals surface area contributed by atoms with Gasteiger partial charge < -0.3 is 9.47 Å². The van der Waals surface area contributed by atoms with Crippen LogP contribution in [0.15, 0.2) is 35.4 Å². The molecule has 116 valence electrons. The first-order chi connectivity index (χ1) is 9.97. The summed E-state index contributed by atoms with van der Waals surface area (Å²) in [7, 11) is 3.43. The molecule has 0 N–H and O–H groups in total. The highest BCUT2D eigenvalue weighted by Crippen LogP contribution is 2.29. The Morgan fingerprint density at radius 3 is 2.24 bits per heavy atom. The summed E-state index contributed by atoms with van der Waals surface area (Å²) < 4.78 is 10.9. The predicted octanol–water partition coefficient (Wildman–Crippen LogP) is 5.25. The highest BCUT2D eigenvalue weighted by Gasteiger charge is 2.07. The van der Waals surface area contributed by atoms with Gasteiger partial charge in [-0.15, -0.1) is 0 Å². The largest absolute Gasteiger partial charge is 0.496 e. The monoisotopic (exact) mass is 288 g/mol. The molecule has 0 unspecified atom stereocenters. The summed E-state index contributed by atoms with van der Waals surface area (Å²) in [5.41, 5.74) is 5.06. The third-order valence-electron chi connectivity index (χ3n) is 3.56. The van der Waals surface area contributed by atoms with Crippen LogP contribution >= 0.6 is 0 Å². The van der Waals surface area contributed by atoms with E-state index in [0.717, 1.165) is 36.3 Å². The molecule has 0 aromatic heterocycles. The van der Waals surface area contributed by atoms with Crippen molar-refractivity contribution in [2.75, 3.05) is 14.2 Å². The van der Waals surface area contributed by atoms with E-state index in [1.165, 1.54) is 16.7 Å². The molecular formula is C19H28O2. The van der Waals surface area contributed by atoms with Crippen molar-refractivity contribution in [3.8, 4) is 11.5 Å². The van der Waals surface area contributed by atoms with E-state index < -0.39 is 0 Å². The lowest BCUT2D eigenvalue weighted by Crippen LogP contribution is -1.95. The number of rotatable bonds is 7. The zero-order valence-electron chi connectivity index (χ0n) is 14.2. The number of hydrogen-bond donors (Lipinski definition) is 0. The average molecular weight is 288 g/mol. The fourth-order valence-corrected chi connectivity index (χ4v) is 2.25. The summed E-state index contributed by atoms with van der Waals surface area (Å²) in [4.78, 5) is 0. The maximum atomic E-state index is 5.48. The van der Waals surface area contributed by atoms with Gasteiger partial charge in [0, 0.05) is 5.56 Å². The van der Waals surface area contributed by atoms with Gasteiger partial charge in [-0.3, -0.25) is 0 Å². The molecule has 0 aliphatic rings. The molecule has 0 radical (unpaired) electrons. The lowest BCUT2D eigenvalue weighted by atomic mass is 10.0. The Hall–Kier alpha value is -1.70. The van der Waals surface area contributed by atoms with Gasteiger partial charge in [-0.25, -0.2) is 0 Å². The zero-order valence-corrected chi connectivity index (χ0v) is 14.2. The molecule has 1 rings (SSSR count). The van der Waals surface area contributed by atoms with Gasteiger partial charge in [0.25, 0.3) is 0 Å². The van der Waals surface area contributed by atoms with Crippen molar-refractivity contribution in [2.24, 2.45) is 0 Å². The summed E-state index contributed by atoms with van der Waals surface area (Å²) in [6, 6.07) is 4.12. The molecule has 2 heteroatoms. The van der Waals surface area contributed by atoms with Crippen LogP contribution in [0, 0.1) is 6.92 Å². The molecule has 0 saturated carbocycles. The molecule has 0 amide bonds. The van der Waals surface area contributed by atoms with E-state index in [9.17, 15) is 0 Å². The van der Waals surface area contributed by atoms with Gasteiger partial charge in [0.05, 0.1) is 14.2 Å². The quantitative estimate of drug-likeness (QED) is 0.638. The highest BCUT2D eigenvalue weighted by atomic mass is 16.5. The van der Waals surface area contributed by atoms with Crippen molar-refractivity contribution in [2.45, 2.75) is 47.0 Å². The van der Waals surface area contributed by atoms with Crippen LogP contribution in [0.1, 0.15) is 44.7 Å². The molecule has 0 spiro atoms. The lowest BCUT2D eigenvalue weighted by molar-refractivity contribution is 0.397. The van der Waals surface area contributed by atoms with Crippen molar-refractivity contribution >= 4 is 0 Å². The maximum Gasteiger partial charge on any atom is 0.122 e. The Labute approximate surface area is 129 Å². The van der Waals surface area contributed by atoms with E-state index in [4.69, 9.17) is 9.47 Å². The van der Waals surface area contributed by atoms with E-state index in [0.29, 0.717) is 0 Å². The van der Waals surface area contributed by atoms with E-state index in [1.807, 2.05) is 13.0 Å². The molecule has 2 nitrogen and oxygen atoms in total. The SMILES string of the molecule is COc1cc(C/C=C(\C)CCC=C(C)C)c(OC)cc1C. The van der Waals surface area contributed by atoms with Crippen molar-refractivity contribution < 1.29 is 9.47 Å².